The van der Waals surface area contributed by atoms with Crippen LogP contribution < -0.4 is 0 Å². The van der Waals surface area contributed by atoms with Gasteiger partial charge >= 0.3 is 5.97 Å². The molecule has 144 valence electrons. The van der Waals surface area contributed by atoms with E-state index in [1.54, 1.807) is 25.1 Å². The van der Waals surface area contributed by atoms with Gasteiger partial charge in [0.15, 0.2) is 5.82 Å². The lowest BCUT2D eigenvalue weighted by Gasteiger charge is -2.19. The number of benzene rings is 2. The number of hydrogen-bond donors (Lipinski definition) is 1. The maximum Gasteiger partial charge on any atom is 0.311 e. The fourth-order valence-corrected chi connectivity index (χ4v) is 3.37. The molecule has 0 saturated carbocycles. The molecule has 5 heteroatoms. The molecule has 0 aliphatic carbocycles. The number of aryl methyl sites for hydroxylation is 2. The average molecular weight is 378 g/mol. The first-order valence-electron chi connectivity index (χ1n) is 9.35. The first kappa shape index (κ1) is 19.7. The highest BCUT2D eigenvalue weighted by molar-refractivity contribution is 5.81. The van der Waals surface area contributed by atoms with Gasteiger partial charge in [-0.05, 0) is 32.4 Å². The number of hydrogen-bond acceptors (Lipinski definition) is 3. The van der Waals surface area contributed by atoms with E-state index in [4.69, 9.17) is 0 Å². The Hall–Kier alpha value is -3.08. The van der Waals surface area contributed by atoms with Crippen LogP contribution in [0, 0.1) is 19.7 Å². The van der Waals surface area contributed by atoms with Crippen LogP contribution >= 0.6 is 0 Å². The van der Waals surface area contributed by atoms with E-state index in [2.05, 4.69) is 9.97 Å². The van der Waals surface area contributed by atoms with Crippen LogP contribution in [0.2, 0.25) is 0 Å². The summed E-state index contributed by atoms with van der Waals surface area (Å²) in [6.45, 7) is 5.70. The summed E-state index contributed by atoms with van der Waals surface area (Å²) in [6, 6.07) is 14.1. The highest BCUT2D eigenvalue weighted by atomic mass is 19.1. The number of nitrogens with zero attached hydrogens (tertiary/aromatic N) is 2. The van der Waals surface area contributed by atoms with Gasteiger partial charge in [0.2, 0.25) is 0 Å². The standard InChI is InChI=1S/C23H23FN2O2/c1-4-7-18(23(27)28)20-15(3)25-22(17-8-5-6-9-19(17)24)26-21(20)16-12-10-14(2)11-13-16/h5-6,8-13,18H,4,7H2,1-3H3,(H,27,28). The highest BCUT2D eigenvalue weighted by Crippen LogP contribution is 2.35. The van der Waals surface area contributed by atoms with Gasteiger partial charge in [0.05, 0.1) is 17.2 Å². The van der Waals surface area contributed by atoms with Crippen molar-refractivity contribution in [3.05, 3.63) is 71.2 Å². The molecule has 0 saturated heterocycles. The van der Waals surface area contributed by atoms with Crippen molar-refractivity contribution in [3.63, 3.8) is 0 Å². The summed E-state index contributed by atoms with van der Waals surface area (Å²) >= 11 is 0. The van der Waals surface area contributed by atoms with Crippen LogP contribution in [-0.2, 0) is 4.79 Å². The summed E-state index contributed by atoms with van der Waals surface area (Å²) in [7, 11) is 0. The van der Waals surface area contributed by atoms with Crippen molar-refractivity contribution in [2.75, 3.05) is 0 Å². The molecule has 4 nitrogen and oxygen atoms in total. The number of aliphatic carboxylic acids is 1. The van der Waals surface area contributed by atoms with E-state index in [0.29, 0.717) is 28.9 Å². The summed E-state index contributed by atoms with van der Waals surface area (Å²) < 4.78 is 14.3. The van der Waals surface area contributed by atoms with Crippen LogP contribution in [0.1, 0.15) is 42.5 Å². The number of halogens is 1. The second-order valence-electron chi connectivity index (χ2n) is 6.92. The summed E-state index contributed by atoms with van der Waals surface area (Å²) in [5, 5.41) is 9.81. The lowest BCUT2D eigenvalue weighted by Crippen LogP contribution is -2.16. The third-order valence-electron chi connectivity index (χ3n) is 4.80. The normalized spacial score (nSPS) is 12.0. The molecule has 0 aliphatic rings. The third-order valence-corrected chi connectivity index (χ3v) is 4.80. The van der Waals surface area contributed by atoms with Crippen LogP contribution in [0.15, 0.2) is 48.5 Å². The maximum absolute atomic E-state index is 14.3. The molecule has 0 aliphatic heterocycles. The van der Waals surface area contributed by atoms with Gasteiger partial charge in [-0.2, -0.15) is 0 Å². The summed E-state index contributed by atoms with van der Waals surface area (Å²) in [6.07, 6.45) is 1.20. The number of carbonyl (C=O) groups is 1. The molecule has 0 amide bonds. The van der Waals surface area contributed by atoms with Crippen LogP contribution in [0.4, 0.5) is 4.39 Å². The third kappa shape index (κ3) is 3.93. The molecule has 3 rings (SSSR count). The Labute approximate surface area is 164 Å². The van der Waals surface area contributed by atoms with Crippen molar-refractivity contribution in [1.82, 2.24) is 9.97 Å². The van der Waals surface area contributed by atoms with E-state index in [-0.39, 0.29) is 5.82 Å². The van der Waals surface area contributed by atoms with Crippen molar-refractivity contribution >= 4 is 5.97 Å². The van der Waals surface area contributed by atoms with Crippen molar-refractivity contribution in [2.45, 2.75) is 39.5 Å². The first-order chi connectivity index (χ1) is 13.4. The molecule has 1 heterocycles. The monoisotopic (exact) mass is 378 g/mol. The molecule has 0 radical (unpaired) electrons. The zero-order valence-electron chi connectivity index (χ0n) is 16.2. The maximum atomic E-state index is 14.3. The Morgan fingerprint density at radius 1 is 1.07 bits per heavy atom. The van der Waals surface area contributed by atoms with Gasteiger partial charge in [0, 0.05) is 16.8 Å². The Morgan fingerprint density at radius 2 is 1.75 bits per heavy atom. The van der Waals surface area contributed by atoms with Gasteiger partial charge in [-0.25, -0.2) is 14.4 Å². The lowest BCUT2D eigenvalue weighted by molar-refractivity contribution is -0.139. The Bertz CT molecular complexity index is 1000. The molecule has 0 bridgehead atoms. The molecular formula is C23H23FN2O2. The van der Waals surface area contributed by atoms with E-state index in [9.17, 15) is 14.3 Å². The SMILES string of the molecule is CCCC(C(=O)O)c1c(C)nc(-c2ccccc2F)nc1-c1ccc(C)cc1. The van der Waals surface area contributed by atoms with Gasteiger partial charge in [0.25, 0.3) is 0 Å². The first-order valence-corrected chi connectivity index (χ1v) is 9.35. The fraction of sp³-hybridized carbons (Fsp3) is 0.261. The topological polar surface area (TPSA) is 63.1 Å². The molecule has 0 fully saturated rings. The number of rotatable bonds is 6. The predicted octanol–water partition coefficient (Wildman–Crippen LogP) is 5.53. The number of aromatic nitrogens is 2. The minimum Gasteiger partial charge on any atom is -0.481 e. The van der Waals surface area contributed by atoms with Gasteiger partial charge in [-0.15, -0.1) is 0 Å². The largest absolute Gasteiger partial charge is 0.481 e. The van der Waals surface area contributed by atoms with Gasteiger partial charge in [-0.1, -0.05) is 55.3 Å². The minimum absolute atomic E-state index is 0.260. The Morgan fingerprint density at radius 3 is 2.36 bits per heavy atom. The van der Waals surface area contributed by atoms with Crippen LogP contribution in [-0.4, -0.2) is 21.0 Å². The summed E-state index contributed by atoms with van der Waals surface area (Å²) in [5.74, 6) is -1.76. The molecule has 1 N–H and O–H groups in total. The highest BCUT2D eigenvalue weighted by Gasteiger charge is 2.27. The quantitative estimate of drug-likeness (QED) is 0.612. The Balaban J connectivity index is 2.28. The molecule has 0 spiro atoms. The van der Waals surface area contributed by atoms with Gasteiger partial charge in [-0.3, -0.25) is 4.79 Å². The smallest absolute Gasteiger partial charge is 0.311 e. The molecule has 3 aromatic rings. The van der Waals surface area contributed by atoms with Crippen LogP contribution in [0.3, 0.4) is 0 Å². The van der Waals surface area contributed by atoms with Crippen molar-refractivity contribution < 1.29 is 14.3 Å². The lowest BCUT2D eigenvalue weighted by atomic mass is 9.89. The van der Waals surface area contributed by atoms with Crippen molar-refractivity contribution in [3.8, 4) is 22.6 Å². The molecule has 28 heavy (non-hydrogen) atoms. The second kappa shape index (κ2) is 8.30. The van der Waals surface area contributed by atoms with Crippen molar-refractivity contribution in [2.24, 2.45) is 0 Å². The number of carboxylic acid groups (broad SMARTS) is 1. The number of carboxylic acids is 1. The van der Waals surface area contributed by atoms with Gasteiger partial charge < -0.3 is 5.11 Å². The summed E-state index contributed by atoms with van der Waals surface area (Å²) in [5.41, 5.74) is 3.89. The van der Waals surface area contributed by atoms with E-state index in [1.807, 2.05) is 38.1 Å². The fourth-order valence-electron chi connectivity index (χ4n) is 3.37. The molecular weight excluding hydrogens is 355 g/mol. The molecule has 2 aromatic carbocycles. The second-order valence-corrected chi connectivity index (χ2v) is 6.92. The molecule has 1 unspecified atom stereocenters. The van der Waals surface area contributed by atoms with E-state index in [0.717, 1.165) is 17.5 Å². The van der Waals surface area contributed by atoms with E-state index >= 15 is 0 Å². The summed E-state index contributed by atoms with van der Waals surface area (Å²) in [4.78, 5) is 21.1. The molecule has 1 aromatic heterocycles. The van der Waals surface area contributed by atoms with Crippen LogP contribution in [0.5, 0.6) is 0 Å². The predicted molar refractivity (Wildman–Crippen MR) is 108 cm³/mol. The van der Waals surface area contributed by atoms with Crippen molar-refractivity contribution in [1.29, 1.82) is 0 Å². The van der Waals surface area contributed by atoms with Crippen LogP contribution in [0.25, 0.3) is 22.6 Å². The zero-order valence-corrected chi connectivity index (χ0v) is 16.2. The molecule has 1 atom stereocenters. The zero-order chi connectivity index (χ0) is 20.3. The Kier molecular flexibility index (Phi) is 5.83. The van der Waals surface area contributed by atoms with Gasteiger partial charge in [0.1, 0.15) is 5.82 Å². The minimum atomic E-state index is -0.902. The average Bonchev–Trinajstić information content (AvgIpc) is 2.67. The van der Waals surface area contributed by atoms with E-state index in [1.165, 1.54) is 6.07 Å². The van der Waals surface area contributed by atoms with E-state index < -0.39 is 17.7 Å².